The summed E-state index contributed by atoms with van der Waals surface area (Å²) in [4.78, 5) is 27.6. The molecule has 0 saturated carbocycles. The summed E-state index contributed by atoms with van der Waals surface area (Å²) in [6.45, 7) is 1.82. The average molecular weight is 524 g/mol. The molecular formula is C27H28F3N7O. The number of piperazine rings is 1. The van der Waals surface area contributed by atoms with Crippen LogP contribution in [-0.4, -0.2) is 72.0 Å². The molecule has 1 saturated heterocycles. The van der Waals surface area contributed by atoms with Gasteiger partial charge in [-0.05, 0) is 30.3 Å². The number of halogens is 3. The normalized spacial score (nSPS) is 14.1. The highest BCUT2D eigenvalue weighted by Gasteiger charge is 2.31. The molecule has 1 N–H and O–H groups in total. The summed E-state index contributed by atoms with van der Waals surface area (Å²) in [6.07, 6.45) is 0.729. The molecule has 198 valence electrons. The van der Waals surface area contributed by atoms with Crippen LogP contribution in [0.5, 0.6) is 0 Å². The van der Waals surface area contributed by atoms with Crippen molar-refractivity contribution in [3.05, 3.63) is 72.7 Å². The molecule has 8 nitrogen and oxygen atoms in total. The van der Waals surface area contributed by atoms with E-state index in [9.17, 15) is 18.0 Å². The number of nitrogens with one attached hydrogen (secondary N) is 1. The number of anilines is 3. The predicted molar refractivity (Wildman–Crippen MR) is 141 cm³/mol. The molecule has 3 heterocycles. The summed E-state index contributed by atoms with van der Waals surface area (Å²) in [7, 11) is 3.95. The van der Waals surface area contributed by atoms with E-state index in [1.54, 1.807) is 29.6 Å². The number of alkyl halides is 3. The standard InChI is InChI=1S/C27H28F3N7O/c1-34(2)21-8-6-19(7-9-21)25-26(37-11-10-31-17-23(37)33-25)32-18-24(38)36-14-12-35(13-15-36)22-5-3-4-20(16-22)27(28,29)30/h3-11,16-17,32H,12-15,18H2,1-2H3. The summed E-state index contributed by atoms with van der Waals surface area (Å²) in [5.41, 5.74) is 3.17. The van der Waals surface area contributed by atoms with Crippen molar-refractivity contribution in [2.75, 3.05) is 61.9 Å². The second-order valence-electron chi connectivity index (χ2n) is 9.32. The van der Waals surface area contributed by atoms with Crippen LogP contribution >= 0.6 is 0 Å². The van der Waals surface area contributed by atoms with E-state index in [0.717, 1.165) is 23.4 Å². The highest BCUT2D eigenvalue weighted by molar-refractivity contribution is 5.84. The van der Waals surface area contributed by atoms with Gasteiger partial charge in [-0.1, -0.05) is 18.2 Å². The van der Waals surface area contributed by atoms with E-state index in [0.29, 0.717) is 49.0 Å². The Kier molecular flexibility index (Phi) is 6.83. The second kappa shape index (κ2) is 10.2. The summed E-state index contributed by atoms with van der Waals surface area (Å²) in [6, 6.07) is 13.3. The molecule has 0 spiro atoms. The van der Waals surface area contributed by atoms with Gasteiger partial charge in [-0.3, -0.25) is 14.2 Å². The van der Waals surface area contributed by atoms with Gasteiger partial charge in [-0.15, -0.1) is 0 Å². The first-order valence-corrected chi connectivity index (χ1v) is 12.2. The van der Waals surface area contributed by atoms with E-state index in [2.05, 4.69) is 10.3 Å². The molecule has 1 fully saturated rings. The SMILES string of the molecule is CN(C)c1ccc(-c2nc3cnccn3c2NCC(=O)N2CCN(c3cccc(C(F)(F)F)c3)CC2)cc1. The molecule has 1 aliphatic heterocycles. The van der Waals surface area contributed by atoms with Gasteiger partial charge in [-0.2, -0.15) is 13.2 Å². The maximum Gasteiger partial charge on any atom is 0.416 e. The van der Waals surface area contributed by atoms with Crippen molar-refractivity contribution >= 4 is 28.7 Å². The van der Waals surface area contributed by atoms with Gasteiger partial charge in [0, 0.05) is 69.6 Å². The zero-order chi connectivity index (χ0) is 26.9. The Morgan fingerprint density at radius 2 is 1.79 bits per heavy atom. The minimum absolute atomic E-state index is 0.0580. The highest BCUT2D eigenvalue weighted by Crippen LogP contribution is 2.32. The number of aromatic nitrogens is 3. The highest BCUT2D eigenvalue weighted by atomic mass is 19.4. The maximum atomic E-state index is 13.1. The van der Waals surface area contributed by atoms with Gasteiger partial charge in [0.2, 0.25) is 5.91 Å². The molecule has 0 bridgehead atoms. The molecule has 0 unspecified atom stereocenters. The Labute approximate surface area is 218 Å². The fraction of sp³-hybridized carbons (Fsp3) is 0.296. The van der Waals surface area contributed by atoms with E-state index in [-0.39, 0.29) is 12.5 Å². The van der Waals surface area contributed by atoms with E-state index >= 15 is 0 Å². The quantitative estimate of drug-likeness (QED) is 0.408. The maximum absolute atomic E-state index is 13.1. The van der Waals surface area contributed by atoms with Crippen LogP contribution in [0.25, 0.3) is 16.9 Å². The molecule has 1 amide bonds. The Hall–Kier alpha value is -4.28. The first-order valence-electron chi connectivity index (χ1n) is 12.2. The Balaban J connectivity index is 1.27. The number of fused-ring (bicyclic) bond motifs is 1. The van der Waals surface area contributed by atoms with Crippen LogP contribution in [0.4, 0.5) is 30.4 Å². The number of amides is 1. The van der Waals surface area contributed by atoms with Gasteiger partial charge in [0.1, 0.15) is 11.5 Å². The largest absolute Gasteiger partial charge is 0.416 e. The molecule has 0 atom stereocenters. The van der Waals surface area contributed by atoms with Gasteiger partial charge in [0.15, 0.2) is 5.65 Å². The molecular weight excluding hydrogens is 495 g/mol. The molecule has 1 aliphatic rings. The third-order valence-corrected chi connectivity index (χ3v) is 6.67. The number of imidazole rings is 1. The number of nitrogens with zero attached hydrogens (tertiary/aromatic N) is 6. The average Bonchev–Trinajstić information content (AvgIpc) is 3.30. The number of carbonyl (C=O) groups is 1. The van der Waals surface area contributed by atoms with Crippen LogP contribution in [0, 0.1) is 0 Å². The number of hydrogen-bond acceptors (Lipinski definition) is 6. The van der Waals surface area contributed by atoms with Crippen molar-refractivity contribution in [1.29, 1.82) is 0 Å². The van der Waals surface area contributed by atoms with Crippen molar-refractivity contribution in [1.82, 2.24) is 19.3 Å². The number of rotatable bonds is 6. The van der Waals surface area contributed by atoms with E-state index in [1.807, 2.05) is 52.6 Å². The fourth-order valence-electron chi connectivity index (χ4n) is 4.56. The van der Waals surface area contributed by atoms with Gasteiger partial charge >= 0.3 is 6.18 Å². The molecule has 11 heteroatoms. The monoisotopic (exact) mass is 523 g/mol. The van der Waals surface area contributed by atoms with Crippen LogP contribution in [0.2, 0.25) is 0 Å². The van der Waals surface area contributed by atoms with E-state index in [4.69, 9.17) is 4.98 Å². The van der Waals surface area contributed by atoms with Crippen LogP contribution in [-0.2, 0) is 11.0 Å². The fourth-order valence-corrected chi connectivity index (χ4v) is 4.56. The van der Waals surface area contributed by atoms with Crippen LogP contribution in [0.15, 0.2) is 67.1 Å². The first kappa shape index (κ1) is 25.4. The molecule has 4 aromatic rings. The smallest absolute Gasteiger partial charge is 0.378 e. The Morgan fingerprint density at radius 1 is 1.05 bits per heavy atom. The van der Waals surface area contributed by atoms with Crippen LogP contribution < -0.4 is 15.1 Å². The van der Waals surface area contributed by atoms with Gasteiger partial charge < -0.3 is 20.0 Å². The number of benzene rings is 2. The molecule has 0 radical (unpaired) electrons. The van der Waals surface area contributed by atoms with Gasteiger partial charge in [-0.25, -0.2) is 4.98 Å². The lowest BCUT2D eigenvalue weighted by molar-refractivity contribution is -0.137. The van der Waals surface area contributed by atoms with E-state index < -0.39 is 11.7 Å². The molecule has 5 rings (SSSR count). The van der Waals surface area contributed by atoms with Gasteiger partial charge in [0.05, 0.1) is 18.3 Å². The minimum atomic E-state index is -4.39. The van der Waals surface area contributed by atoms with Crippen molar-refractivity contribution in [2.45, 2.75) is 6.18 Å². The molecule has 2 aromatic carbocycles. The Morgan fingerprint density at radius 3 is 2.47 bits per heavy atom. The van der Waals surface area contributed by atoms with Crippen molar-refractivity contribution in [3.63, 3.8) is 0 Å². The minimum Gasteiger partial charge on any atom is -0.378 e. The van der Waals surface area contributed by atoms with Crippen LogP contribution in [0.3, 0.4) is 0 Å². The third kappa shape index (κ3) is 5.22. The lowest BCUT2D eigenvalue weighted by atomic mass is 10.1. The van der Waals surface area contributed by atoms with Crippen molar-refractivity contribution in [2.24, 2.45) is 0 Å². The lowest BCUT2D eigenvalue weighted by Crippen LogP contribution is -2.50. The van der Waals surface area contributed by atoms with Crippen LogP contribution in [0.1, 0.15) is 5.56 Å². The number of hydrogen-bond donors (Lipinski definition) is 1. The lowest BCUT2D eigenvalue weighted by Gasteiger charge is -2.36. The summed E-state index contributed by atoms with van der Waals surface area (Å²) < 4.78 is 41.2. The molecule has 38 heavy (non-hydrogen) atoms. The molecule has 0 aliphatic carbocycles. The van der Waals surface area contributed by atoms with E-state index in [1.165, 1.54) is 6.07 Å². The number of carbonyl (C=O) groups excluding carboxylic acids is 1. The second-order valence-corrected chi connectivity index (χ2v) is 9.32. The van der Waals surface area contributed by atoms with Gasteiger partial charge in [0.25, 0.3) is 0 Å². The summed E-state index contributed by atoms with van der Waals surface area (Å²) in [5, 5.41) is 3.27. The first-order chi connectivity index (χ1) is 18.2. The molecule has 2 aromatic heterocycles. The summed E-state index contributed by atoms with van der Waals surface area (Å²) in [5.74, 6) is 0.600. The Bertz CT molecular complexity index is 1420. The topological polar surface area (TPSA) is 69.0 Å². The zero-order valence-corrected chi connectivity index (χ0v) is 21.1. The predicted octanol–water partition coefficient (Wildman–Crippen LogP) is 4.24. The van der Waals surface area contributed by atoms with Crippen molar-refractivity contribution in [3.8, 4) is 11.3 Å². The summed E-state index contributed by atoms with van der Waals surface area (Å²) >= 11 is 0. The zero-order valence-electron chi connectivity index (χ0n) is 21.1. The third-order valence-electron chi connectivity index (χ3n) is 6.67. The van der Waals surface area contributed by atoms with Crippen molar-refractivity contribution < 1.29 is 18.0 Å².